The van der Waals surface area contributed by atoms with Crippen LogP contribution in [-0.4, -0.2) is 99.7 Å². The largest absolute Gasteiger partial charge is 0.488 e. The molecular weight excluding hydrogens is 572 g/mol. The van der Waals surface area contributed by atoms with E-state index in [4.69, 9.17) is 24.1 Å². The Morgan fingerprint density at radius 3 is 1.75 bits per heavy atom. The first-order chi connectivity index (χ1) is 20.7. The molecule has 1 N–H and O–H groups in total. The van der Waals surface area contributed by atoms with Crippen LogP contribution < -0.4 is 9.47 Å². The van der Waals surface area contributed by atoms with Crippen molar-refractivity contribution in [2.24, 2.45) is 0 Å². The lowest BCUT2D eigenvalue weighted by Gasteiger charge is -2.24. The number of hydrogen-bond acceptors (Lipinski definition) is 11. The summed E-state index contributed by atoms with van der Waals surface area (Å²) in [6, 6.07) is 6.65. The maximum Gasteiger partial charge on any atom is 0.410 e. The van der Waals surface area contributed by atoms with E-state index in [1.807, 2.05) is 41.5 Å². The molecule has 242 valence electrons. The lowest BCUT2D eigenvalue weighted by Crippen LogP contribution is -2.36. The quantitative estimate of drug-likeness (QED) is 0.367. The van der Waals surface area contributed by atoms with Gasteiger partial charge in [0.1, 0.15) is 34.9 Å². The normalized spacial score (nSPS) is 18.2. The van der Waals surface area contributed by atoms with Crippen molar-refractivity contribution in [3.05, 3.63) is 48.0 Å². The summed E-state index contributed by atoms with van der Waals surface area (Å²) < 4.78 is 27.0. The summed E-state index contributed by atoms with van der Waals surface area (Å²) in [5, 5.41) is 9.06. The molecule has 13 nitrogen and oxygen atoms in total. The van der Waals surface area contributed by atoms with Gasteiger partial charge in [-0.15, -0.1) is 0 Å². The zero-order valence-corrected chi connectivity index (χ0v) is 26.6. The smallest absolute Gasteiger partial charge is 0.410 e. The number of carbonyl (C=O) groups excluding carboxylic acids is 3. The molecule has 0 spiro atoms. The van der Waals surface area contributed by atoms with E-state index in [0.29, 0.717) is 49.8 Å². The number of aromatic nitrogens is 2. The maximum atomic E-state index is 12.0. The molecule has 4 rings (SSSR count). The fourth-order valence-electron chi connectivity index (χ4n) is 4.33. The lowest BCUT2D eigenvalue weighted by molar-refractivity contribution is 0.0266. The summed E-state index contributed by atoms with van der Waals surface area (Å²) in [4.78, 5) is 46.7. The van der Waals surface area contributed by atoms with Crippen molar-refractivity contribution in [2.45, 2.75) is 84.4 Å². The van der Waals surface area contributed by atoms with Crippen LogP contribution >= 0.6 is 0 Å². The number of aliphatic hydroxyl groups excluding tert-OH is 1. The number of aliphatic hydroxyl groups is 1. The minimum Gasteiger partial charge on any atom is -0.488 e. The van der Waals surface area contributed by atoms with E-state index >= 15 is 0 Å². The van der Waals surface area contributed by atoms with Gasteiger partial charge in [-0.1, -0.05) is 0 Å². The first kappa shape index (κ1) is 34.4. The first-order valence-electron chi connectivity index (χ1n) is 14.5. The second-order valence-corrected chi connectivity index (χ2v) is 12.4. The van der Waals surface area contributed by atoms with Crippen molar-refractivity contribution in [2.75, 3.05) is 33.3 Å². The maximum absolute atomic E-state index is 12.0. The van der Waals surface area contributed by atoms with E-state index in [1.165, 1.54) is 19.4 Å². The van der Waals surface area contributed by atoms with E-state index < -0.39 is 17.2 Å². The zero-order valence-electron chi connectivity index (χ0n) is 26.6. The molecule has 2 amide bonds. The molecule has 2 saturated heterocycles. The molecule has 0 saturated carbocycles. The molecule has 2 aromatic rings. The first-order valence-corrected chi connectivity index (χ1v) is 14.5. The van der Waals surface area contributed by atoms with Crippen LogP contribution in [0.25, 0.3) is 0 Å². The van der Waals surface area contributed by atoms with Gasteiger partial charge in [-0.25, -0.2) is 19.4 Å². The van der Waals surface area contributed by atoms with Gasteiger partial charge in [0.05, 0.1) is 32.5 Å². The van der Waals surface area contributed by atoms with Gasteiger partial charge in [-0.3, -0.25) is 4.98 Å². The van der Waals surface area contributed by atoms with Gasteiger partial charge in [0.15, 0.2) is 5.69 Å². The number of carbonyl (C=O) groups is 3. The number of nitrogens with zero attached hydrogens (tertiary/aromatic N) is 4. The molecule has 0 aromatic carbocycles. The minimum atomic E-state index is -0.517. The second kappa shape index (κ2) is 15.0. The Hall–Kier alpha value is -4.13. The molecule has 2 aliphatic rings. The Bertz CT molecular complexity index is 1280. The average Bonchev–Trinajstić information content (AvgIpc) is 3.61. The summed E-state index contributed by atoms with van der Waals surface area (Å²) in [7, 11) is 1.30. The third kappa shape index (κ3) is 11.2. The Morgan fingerprint density at radius 1 is 0.818 bits per heavy atom. The molecule has 2 fully saturated rings. The molecule has 2 aromatic heterocycles. The van der Waals surface area contributed by atoms with Crippen LogP contribution in [0.4, 0.5) is 9.59 Å². The van der Waals surface area contributed by atoms with Crippen LogP contribution in [0, 0.1) is 0 Å². The van der Waals surface area contributed by atoms with Crippen LogP contribution in [0.15, 0.2) is 36.7 Å². The highest BCUT2D eigenvalue weighted by Gasteiger charge is 2.32. The predicted molar refractivity (Wildman–Crippen MR) is 159 cm³/mol. The van der Waals surface area contributed by atoms with E-state index in [-0.39, 0.29) is 36.7 Å². The highest BCUT2D eigenvalue weighted by Crippen LogP contribution is 2.22. The fraction of sp³-hybridized carbons (Fsp3) is 0.581. The second-order valence-electron chi connectivity index (χ2n) is 12.4. The molecule has 0 aliphatic carbocycles. The van der Waals surface area contributed by atoms with Gasteiger partial charge in [-0.2, -0.15) is 0 Å². The number of ether oxygens (including phenoxy) is 5. The number of hydrogen-bond donors (Lipinski definition) is 1. The van der Waals surface area contributed by atoms with Gasteiger partial charge in [0.25, 0.3) is 0 Å². The van der Waals surface area contributed by atoms with Crippen LogP contribution in [0.1, 0.15) is 70.6 Å². The number of pyridine rings is 2. The van der Waals surface area contributed by atoms with Crippen molar-refractivity contribution in [1.29, 1.82) is 0 Å². The Kier molecular flexibility index (Phi) is 11.7. The standard InChI is InChI=1S/C16H22N2O5.C15H22N2O4/c1-16(2,3)23-15(20)18-8-6-12(10-18)22-11-5-7-17-13(9-11)14(19)21-4;1-15(2,3)21-14(19)17-7-5-13(9-17)20-12-4-6-16-11(8-12)10-18/h5,7,9,12H,6,8,10H2,1-4H3;4,6,8,13,18H,5,7,9-10H2,1-3H3/t12-;13-/m00/s1. The molecule has 2 aliphatic heterocycles. The Labute approximate surface area is 258 Å². The van der Waals surface area contributed by atoms with Crippen LogP contribution in [0.5, 0.6) is 11.5 Å². The van der Waals surface area contributed by atoms with Crippen molar-refractivity contribution < 1.29 is 43.2 Å². The molecule has 0 unspecified atom stereocenters. The van der Waals surface area contributed by atoms with Crippen molar-refractivity contribution in [3.63, 3.8) is 0 Å². The van der Waals surface area contributed by atoms with Gasteiger partial charge in [-0.05, 0) is 53.7 Å². The molecule has 2 atom stereocenters. The summed E-state index contributed by atoms with van der Waals surface area (Å²) >= 11 is 0. The van der Waals surface area contributed by atoms with E-state index in [1.54, 1.807) is 34.2 Å². The van der Waals surface area contributed by atoms with Crippen molar-refractivity contribution in [1.82, 2.24) is 19.8 Å². The zero-order chi connectivity index (χ0) is 32.5. The Morgan fingerprint density at radius 2 is 1.30 bits per heavy atom. The topological polar surface area (TPSA) is 150 Å². The molecule has 13 heteroatoms. The van der Waals surface area contributed by atoms with Gasteiger partial charge in [0, 0.05) is 50.5 Å². The van der Waals surface area contributed by atoms with Crippen molar-refractivity contribution in [3.8, 4) is 11.5 Å². The number of esters is 1. The van der Waals surface area contributed by atoms with Gasteiger partial charge < -0.3 is 38.6 Å². The molecular formula is C31H44N4O9. The van der Waals surface area contributed by atoms with Crippen LogP contribution in [0.2, 0.25) is 0 Å². The summed E-state index contributed by atoms with van der Waals surface area (Å²) in [5.74, 6) is 0.666. The highest BCUT2D eigenvalue weighted by atomic mass is 16.6. The monoisotopic (exact) mass is 616 g/mol. The van der Waals surface area contributed by atoms with Crippen LogP contribution in [0.3, 0.4) is 0 Å². The lowest BCUT2D eigenvalue weighted by atomic mass is 10.2. The third-order valence-electron chi connectivity index (χ3n) is 6.27. The van der Waals surface area contributed by atoms with E-state index in [2.05, 4.69) is 14.7 Å². The average molecular weight is 617 g/mol. The molecule has 44 heavy (non-hydrogen) atoms. The van der Waals surface area contributed by atoms with Gasteiger partial charge >= 0.3 is 18.2 Å². The van der Waals surface area contributed by atoms with E-state index in [0.717, 1.165) is 6.42 Å². The SMILES string of the molecule is CC(C)(C)OC(=O)N1CC[C@H](Oc2ccnc(CO)c2)C1.COC(=O)c1cc(O[C@H]2CCN(C(=O)OC(C)(C)C)C2)ccn1. The summed E-state index contributed by atoms with van der Waals surface area (Å²) in [6.45, 7) is 13.1. The van der Waals surface area contributed by atoms with Gasteiger partial charge in [0.2, 0.25) is 0 Å². The third-order valence-corrected chi connectivity index (χ3v) is 6.27. The number of rotatable bonds is 6. The number of likely N-dealkylation sites (tertiary alicyclic amines) is 2. The molecule has 0 bridgehead atoms. The highest BCUT2D eigenvalue weighted by molar-refractivity contribution is 5.87. The fourth-order valence-corrected chi connectivity index (χ4v) is 4.33. The van der Waals surface area contributed by atoms with Crippen molar-refractivity contribution >= 4 is 18.2 Å². The molecule has 0 radical (unpaired) electrons. The summed E-state index contributed by atoms with van der Waals surface area (Å²) in [6.07, 6.45) is 3.70. The summed E-state index contributed by atoms with van der Waals surface area (Å²) in [5.41, 5.74) is -0.255. The predicted octanol–water partition coefficient (Wildman–Crippen LogP) is 4.22. The number of amides is 2. The molecule has 4 heterocycles. The van der Waals surface area contributed by atoms with E-state index in [9.17, 15) is 14.4 Å². The van der Waals surface area contributed by atoms with Crippen LogP contribution in [-0.2, 0) is 20.8 Å². The number of methoxy groups -OCH3 is 1. The minimum absolute atomic E-state index is 0.0635. The Balaban J connectivity index is 0.000000241.